The predicted molar refractivity (Wildman–Crippen MR) is 126 cm³/mol. The Morgan fingerprint density at radius 1 is 0.903 bits per heavy atom. The van der Waals surface area contributed by atoms with Crippen LogP contribution in [0.2, 0.25) is 10.0 Å². The van der Waals surface area contributed by atoms with Crippen LogP contribution in [0.1, 0.15) is 11.4 Å². The Labute approximate surface area is 187 Å². The van der Waals surface area contributed by atoms with Crippen LogP contribution in [0.4, 0.5) is 10.5 Å². The third-order valence-electron chi connectivity index (χ3n) is 4.43. The third-order valence-corrected chi connectivity index (χ3v) is 5.03. The number of hydrogen-bond acceptors (Lipinski definition) is 3. The first kappa shape index (κ1) is 20.7. The van der Waals surface area contributed by atoms with Gasteiger partial charge in [0.1, 0.15) is 0 Å². The molecule has 1 heterocycles. The fourth-order valence-corrected chi connectivity index (χ4v) is 3.26. The monoisotopic (exact) mass is 450 g/mol. The maximum atomic E-state index is 13.1. The smallest absolute Gasteiger partial charge is 0.307 e. The Morgan fingerprint density at radius 2 is 1.61 bits per heavy atom. The molecule has 4 aromatic rings. The fraction of sp³-hybridized carbons (Fsp3) is 0. The lowest BCUT2D eigenvalue weighted by molar-refractivity contribution is 0.259. The molecule has 0 aliphatic rings. The van der Waals surface area contributed by atoms with E-state index in [1.54, 1.807) is 66.7 Å². The van der Waals surface area contributed by atoms with Crippen molar-refractivity contribution >= 4 is 58.0 Å². The number of amides is 2. The van der Waals surface area contributed by atoms with E-state index in [0.29, 0.717) is 26.6 Å². The molecule has 0 saturated carbocycles. The van der Waals surface area contributed by atoms with E-state index in [1.807, 2.05) is 18.2 Å². The minimum absolute atomic E-state index is 0.245. The summed E-state index contributed by atoms with van der Waals surface area (Å²) in [5.41, 5.74) is 3.95. The molecule has 1 aromatic heterocycles. The Bertz CT molecular complexity index is 1350. The molecule has 0 unspecified atom stereocenters. The van der Waals surface area contributed by atoms with Gasteiger partial charge in [-0.05, 0) is 60.2 Å². The number of para-hydroxylation sites is 1. The van der Waals surface area contributed by atoms with Crippen LogP contribution in [-0.4, -0.2) is 15.7 Å². The van der Waals surface area contributed by atoms with Crippen molar-refractivity contribution in [3.63, 3.8) is 0 Å². The molecule has 0 saturated heterocycles. The minimum Gasteiger partial charge on any atom is -0.307 e. The summed E-state index contributed by atoms with van der Waals surface area (Å²) in [5.74, 6) is 0.245. The molecule has 154 valence electrons. The van der Waals surface area contributed by atoms with Crippen molar-refractivity contribution < 1.29 is 4.79 Å². The highest BCUT2D eigenvalue weighted by Gasteiger charge is 2.12. The van der Waals surface area contributed by atoms with E-state index in [-0.39, 0.29) is 5.82 Å². The van der Waals surface area contributed by atoms with E-state index in [0.717, 1.165) is 10.2 Å². The second-order valence-electron chi connectivity index (χ2n) is 6.56. The molecule has 8 heteroatoms. The molecular formula is C23H16Cl2N4O2. The third kappa shape index (κ3) is 4.77. The van der Waals surface area contributed by atoms with Gasteiger partial charge in [0.15, 0.2) is 5.82 Å². The average molecular weight is 451 g/mol. The van der Waals surface area contributed by atoms with Gasteiger partial charge in [0.05, 0.1) is 10.9 Å². The molecule has 0 fully saturated rings. The maximum absolute atomic E-state index is 13.1. The zero-order chi connectivity index (χ0) is 21.8. The number of halogens is 2. The molecule has 2 N–H and O–H groups in total. The number of carbonyl (C=O) groups excluding carboxylic acids is 1. The highest BCUT2D eigenvalue weighted by molar-refractivity contribution is 6.32. The van der Waals surface area contributed by atoms with Gasteiger partial charge in [0, 0.05) is 15.7 Å². The number of rotatable bonds is 4. The van der Waals surface area contributed by atoms with Gasteiger partial charge >= 0.3 is 6.03 Å². The number of aromatic nitrogens is 2. The summed E-state index contributed by atoms with van der Waals surface area (Å²) in [7, 11) is 0. The molecule has 31 heavy (non-hydrogen) atoms. The topological polar surface area (TPSA) is 76.0 Å². The molecule has 6 nitrogen and oxygen atoms in total. The molecule has 4 rings (SSSR count). The Hall–Kier alpha value is -3.61. The van der Waals surface area contributed by atoms with Gasteiger partial charge in [-0.3, -0.25) is 4.79 Å². The van der Waals surface area contributed by atoms with Gasteiger partial charge < -0.3 is 5.32 Å². The van der Waals surface area contributed by atoms with Crippen LogP contribution < -0.4 is 16.3 Å². The Balaban J connectivity index is 1.71. The van der Waals surface area contributed by atoms with Crippen molar-refractivity contribution in [2.45, 2.75) is 0 Å². The first-order valence-electron chi connectivity index (χ1n) is 9.29. The quantitative estimate of drug-likeness (QED) is 0.421. The molecule has 0 radical (unpaired) electrons. The number of carbonyl (C=O) groups is 1. The minimum atomic E-state index is -0.603. The van der Waals surface area contributed by atoms with Crippen molar-refractivity contribution in [1.82, 2.24) is 9.66 Å². The van der Waals surface area contributed by atoms with E-state index >= 15 is 0 Å². The summed E-state index contributed by atoms with van der Waals surface area (Å²) in [4.78, 5) is 30.1. The van der Waals surface area contributed by atoms with Crippen LogP contribution >= 0.6 is 23.2 Å². The number of hydrogen-bond donors (Lipinski definition) is 2. The van der Waals surface area contributed by atoms with E-state index in [2.05, 4.69) is 15.7 Å². The number of anilines is 1. The molecular weight excluding hydrogens is 435 g/mol. The lowest BCUT2D eigenvalue weighted by Crippen LogP contribution is -2.37. The van der Waals surface area contributed by atoms with E-state index < -0.39 is 11.6 Å². The second kappa shape index (κ2) is 9.04. The summed E-state index contributed by atoms with van der Waals surface area (Å²) < 4.78 is 1.10. The van der Waals surface area contributed by atoms with Crippen molar-refractivity contribution in [3.8, 4) is 0 Å². The van der Waals surface area contributed by atoms with Gasteiger partial charge in [-0.1, -0.05) is 53.5 Å². The number of nitrogens with one attached hydrogen (secondary N) is 2. The lowest BCUT2D eigenvalue weighted by Gasteiger charge is -2.13. The zero-order valence-electron chi connectivity index (χ0n) is 16.0. The second-order valence-corrected chi connectivity index (χ2v) is 7.40. The summed E-state index contributed by atoms with van der Waals surface area (Å²) >= 11 is 12.1. The summed E-state index contributed by atoms with van der Waals surface area (Å²) in [6, 6.07) is 20.2. The van der Waals surface area contributed by atoms with Gasteiger partial charge in [-0.25, -0.2) is 15.2 Å². The standard InChI is InChI=1S/C23H16Cl2N4O2/c24-16-10-12-17(13-11-16)26-23(31)28-29-21(14-9-15-5-1-3-7-19(15)25)27-20-8-4-2-6-18(20)22(29)30/h1-14H,(H2,26,28,31)/b14-9+. The van der Waals surface area contributed by atoms with Crippen LogP contribution in [0, 0.1) is 0 Å². The number of urea groups is 1. The Morgan fingerprint density at radius 3 is 2.39 bits per heavy atom. The lowest BCUT2D eigenvalue weighted by atomic mass is 10.2. The summed E-state index contributed by atoms with van der Waals surface area (Å²) in [6.45, 7) is 0. The van der Waals surface area contributed by atoms with E-state index in [4.69, 9.17) is 23.2 Å². The Kier molecular flexibility index (Phi) is 6.02. The van der Waals surface area contributed by atoms with Crippen molar-refractivity contribution in [1.29, 1.82) is 0 Å². The van der Waals surface area contributed by atoms with Gasteiger partial charge in [-0.15, -0.1) is 0 Å². The molecule has 3 aromatic carbocycles. The summed E-state index contributed by atoms with van der Waals surface area (Å²) in [6.07, 6.45) is 3.35. The molecule has 2 amide bonds. The zero-order valence-corrected chi connectivity index (χ0v) is 17.6. The SMILES string of the molecule is O=C(Nc1ccc(Cl)cc1)Nn1c(/C=C/c2ccccc2Cl)nc2ccccc2c1=O. The highest BCUT2D eigenvalue weighted by Crippen LogP contribution is 2.18. The first-order chi connectivity index (χ1) is 15.0. The van der Waals surface area contributed by atoms with E-state index in [9.17, 15) is 9.59 Å². The molecule has 0 atom stereocenters. The molecule has 0 aliphatic heterocycles. The fourth-order valence-electron chi connectivity index (χ4n) is 2.94. The van der Waals surface area contributed by atoms with Gasteiger partial charge in [-0.2, -0.15) is 4.68 Å². The van der Waals surface area contributed by atoms with Crippen molar-refractivity contribution in [2.24, 2.45) is 0 Å². The van der Waals surface area contributed by atoms with Crippen LogP contribution in [0.3, 0.4) is 0 Å². The van der Waals surface area contributed by atoms with Gasteiger partial charge in [0.2, 0.25) is 0 Å². The molecule has 0 bridgehead atoms. The molecule has 0 spiro atoms. The normalized spacial score (nSPS) is 11.0. The van der Waals surface area contributed by atoms with Crippen LogP contribution in [0.15, 0.2) is 77.6 Å². The highest BCUT2D eigenvalue weighted by atomic mass is 35.5. The van der Waals surface area contributed by atoms with Crippen molar-refractivity contribution in [2.75, 3.05) is 10.7 Å². The average Bonchev–Trinajstić information content (AvgIpc) is 2.77. The maximum Gasteiger partial charge on any atom is 0.338 e. The first-order valence-corrected chi connectivity index (χ1v) is 10.0. The van der Waals surface area contributed by atoms with Crippen LogP contribution in [0.25, 0.3) is 23.1 Å². The predicted octanol–water partition coefficient (Wildman–Crippen LogP) is 5.65. The number of fused-ring (bicyclic) bond motifs is 1. The van der Waals surface area contributed by atoms with Gasteiger partial charge in [0.25, 0.3) is 5.56 Å². The van der Waals surface area contributed by atoms with Crippen LogP contribution in [-0.2, 0) is 0 Å². The van der Waals surface area contributed by atoms with Crippen molar-refractivity contribution in [3.05, 3.63) is 105 Å². The largest absolute Gasteiger partial charge is 0.338 e. The molecule has 0 aliphatic carbocycles. The van der Waals surface area contributed by atoms with Crippen LogP contribution in [0.5, 0.6) is 0 Å². The number of nitrogens with zero attached hydrogens (tertiary/aromatic N) is 2. The number of benzene rings is 3. The van der Waals surface area contributed by atoms with E-state index in [1.165, 1.54) is 0 Å². The summed E-state index contributed by atoms with van der Waals surface area (Å²) in [5, 5.41) is 4.15.